The highest BCUT2D eigenvalue weighted by Crippen LogP contribution is 2.07. The van der Waals surface area contributed by atoms with Gasteiger partial charge in [0.2, 0.25) is 0 Å². The van der Waals surface area contributed by atoms with Crippen LogP contribution in [-0.4, -0.2) is 37.1 Å². The molecule has 0 spiro atoms. The third-order valence-electron chi connectivity index (χ3n) is 3.56. The van der Waals surface area contributed by atoms with Crippen LogP contribution >= 0.6 is 0 Å². The molecule has 0 amide bonds. The van der Waals surface area contributed by atoms with Crippen LogP contribution in [0.4, 0.5) is 5.69 Å². The Morgan fingerprint density at radius 1 is 1.16 bits per heavy atom. The van der Waals surface area contributed by atoms with E-state index in [2.05, 4.69) is 43.1 Å². The van der Waals surface area contributed by atoms with Crippen LogP contribution < -0.4 is 11.1 Å². The normalized spacial score (nSPS) is 12.8. The SMILES string of the molecule is CCN(CC)CCCNC(C)Cc1ccc(N)cc1. The maximum absolute atomic E-state index is 5.69. The lowest BCUT2D eigenvalue weighted by Gasteiger charge is -2.19. The molecule has 0 heterocycles. The van der Waals surface area contributed by atoms with Crippen molar-refractivity contribution in [1.82, 2.24) is 10.2 Å². The van der Waals surface area contributed by atoms with Gasteiger partial charge in [-0.05, 0) is 63.6 Å². The van der Waals surface area contributed by atoms with E-state index >= 15 is 0 Å². The minimum atomic E-state index is 0.514. The van der Waals surface area contributed by atoms with Gasteiger partial charge in [0.05, 0.1) is 0 Å². The fourth-order valence-corrected chi connectivity index (χ4v) is 2.27. The van der Waals surface area contributed by atoms with Crippen LogP contribution in [0.3, 0.4) is 0 Å². The molecule has 0 saturated heterocycles. The van der Waals surface area contributed by atoms with Gasteiger partial charge in [-0.2, -0.15) is 0 Å². The van der Waals surface area contributed by atoms with Gasteiger partial charge in [-0.25, -0.2) is 0 Å². The Balaban J connectivity index is 2.17. The Bertz CT molecular complexity index is 330. The quantitative estimate of drug-likeness (QED) is 0.531. The first-order valence-corrected chi connectivity index (χ1v) is 7.45. The summed E-state index contributed by atoms with van der Waals surface area (Å²) in [6.07, 6.45) is 2.28. The molecule has 0 fully saturated rings. The number of nitrogens with two attached hydrogens (primary N) is 1. The van der Waals surface area contributed by atoms with Crippen molar-refractivity contribution in [2.75, 3.05) is 31.9 Å². The highest BCUT2D eigenvalue weighted by molar-refractivity contribution is 5.39. The molecule has 1 aromatic rings. The predicted molar refractivity (Wildman–Crippen MR) is 84.4 cm³/mol. The molecule has 19 heavy (non-hydrogen) atoms. The maximum atomic E-state index is 5.69. The maximum Gasteiger partial charge on any atom is 0.0314 e. The average molecular weight is 263 g/mol. The van der Waals surface area contributed by atoms with Crippen molar-refractivity contribution in [2.24, 2.45) is 0 Å². The van der Waals surface area contributed by atoms with E-state index in [1.165, 1.54) is 18.5 Å². The first-order chi connectivity index (χ1) is 9.15. The van der Waals surface area contributed by atoms with Crippen molar-refractivity contribution in [3.05, 3.63) is 29.8 Å². The van der Waals surface area contributed by atoms with Crippen molar-refractivity contribution in [3.63, 3.8) is 0 Å². The zero-order valence-corrected chi connectivity index (χ0v) is 12.7. The standard InChI is InChI=1S/C16H29N3/c1-4-19(5-2)12-6-11-18-14(3)13-15-7-9-16(17)10-8-15/h7-10,14,18H,4-6,11-13,17H2,1-3H3. The van der Waals surface area contributed by atoms with Gasteiger partial charge in [-0.15, -0.1) is 0 Å². The summed E-state index contributed by atoms with van der Waals surface area (Å²) in [5, 5.41) is 3.59. The molecule has 0 bridgehead atoms. The number of hydrogen-bond acceptors (Lipinski definition) is 3. The van der Waals surface area contributed by atoms with E-state index in [-0.39, 0.29) is 0 Å². The second kappa shape index (κ2) is 8.94. The summed E-state index contributed by atoms with van der Waals surface area (Å²) >= 11 is 0. The number of hydrogen-bond donors (Lipinski definition) is 2. The third-order valence-corrected chi connectivity index (χ3v) is 3.56. The van der Waals surface area contributed by atoms with Crippen molar-refractivity contribution in [2.45, 2.75) is 39.7 Å². The molecule has 1 aromatic carbocycles. The van der Waals surface area contributed by atoms with Crippen LogP contribution in [-0.2, 0) is 6.42 Å². The zero-order chi connectivity index (χ0) is 14.1. The van der Waals surface area contributed by atoms with Gasteiger partial charge in [0.1, 0.15) is 0 Å². The van der Waals surface area contributed by atoms with Crippen molar-refractivity contribution >= 4 is 5.69 Å². The van der Waals surface area contributed by atoms with E-state index < -0.39 is 0 Å². The summed E-state index contributed by atoms with van der Waals surface area (Å²) in [5.74, 6) is 0. The molecule has 0 aromatic heterocycles. The van der Waals surface area contributed by atoms with Gasteiger partial charge < -0.3 is 16.0 Å². The van der Waals surface area contributed by atoms with Crippen LogP contribution in [0.25, 0.3) is 0 Å². The molecule has 108 valence electrons. The number of nitrogens with zero attached hydrogens (tertiary/aromatic N) is 1. The van der Waals surface area contributed by atoms with E-state index in [0.29, 0.717) is 6.04 Å². The molecule has 3 N–H and O–H groups in total. The van der Waals surface area contributed by atoms with Gasteiger partial charge in [-0.3, -0.25) is 0 Å². The monoisotopic (exact) mass is 263 g/mol. The molecule has 0 aliphatic carbocycles. The number of nitrogen functional groups attached to an aromatic ring is 1. The first kappa shape index (κ1) is 16.0. The second-order valence-corrected chi connectivity index (χ2v) is 5.18. The number of nitrogens with one attached hydrogen (secondary N) is 1. The Morgan fingerprint density at radius 2 is 1.79 bits per heavy atom. The van der Waals surface area contributed by atoms with Crippen molar-refractivity contribution in [3.8, 4) is 0 Å². The Hall–Kier alpha value is -1.06. The number of benzene rings is 1. The molecule has 1 unspecified atom stereocenters. The largest absolute Gasteiger partial charge is 0.399 e. The lowest BCUT2D eigenvalue weighted by molar-refractivity contribution is 0.296. The van der Waals surface area contributed by atoms with Gasteiger partial charge in [-0.1, -0.05) is 26.0 Å². The lowest BCUT2D eigenvalue weighted by Crippen LogP contribution is -2.32. The molecule has 1 rings (SSSR count). The summed E-state index contributed by atoms with van der Waals surface area (Å²) in [7, 11) is 0. The highest BCUT2D eigenvalue weighted by atomic mass is 15.1. The number of anilines is 1. The van der Waals surface area contributed by atoms with Crippen molar-refractivity contribution < 1.29 is 0 Å². The summed E-state index contributed by atoms with van der Waals surface area (Å²) < 4.78 is 0. The molecular weight excluding hydrogens is 234 g/mol. The molecule has 3 nitrogen and oxygen atoms in total. The summed E-state index contributed by atoms with van der Waals surface area (Å²) in [6, 6.07) is 8.69. The van der Waals surface area contributed by atoms with Gasteiger partial charge >= 0.3 is 0 Å². The van der Waals surface area contributed by atoms with Crippen LogP contribution in [0.5, 0.6) is 0 Å². The van der Waals surface area contributed by atoms with Crippen LogP contribution in [0.15, 0.2) is 24.3 Å². The Labute approximate surface area is 118 Å². The van der Waals surface area contributed by atoms with Gasteiger partial charge in [0.15, 0.2) is 0 Å². The summed E-state index contributed by atoms with van der Waals surface area (Å²) in [4.78, 5) is 2.46. The first-order valence-electron chi connectivity index (χ1n) is 7.45. The minimum Gasteiger partial charge on any atom is -0.399 e. The summed E-state index contributed by atoms with van der Waals surface area (Å²) in [5.41, 5.74) is 7.87. The fraction of sp³-hybridized carbons (Fsp3) is 0.625. The Morgan fingerprint density at radius 3 is 2.37 bits per heavy atom. The molecule has 0 radical (unpaired) electrons. The van der Waals surface area contributed by atoms with E-state index in [4.69, 9.17) is 5.73 Å². The second-order valence-electron chi connectivity index (χ2n) is 5.18. The Kier molecular flexibility index (Phi) is 7.53. The number of rotatable bonds is 9. The van der Waals surface area contributed by atoms with E-state index in [0.717, 1.165) is 31.7 Å². The van der Waals surface area contributed by atoms with Crippen molar-refractivity contribution in [1.29, 1.82) is 0 Å². The zero-order valence-electron chi connectivity index (χ0n) is 12.7. The average Bonchev–Trinajstić information content (AvgIpc) is 2.42. The topological polar surface area (TPSA) is 41.3 Å². The fourth-order valence-electron chi connectivity index (χ4n) is 2.27. The molecule has 3 heteroatoms. The highest BCUT2D eigenvalue weighted by Gasteiger charge is 2.03. The lowest BCUT2D eigenvalue weighted by atomic mass is 10.1. The third kappa shape index (κ3) is 6.60. The van der Waals surface area contributed by atoms with Crippen LogP contribution in [0.2, 0.25) is 0 Å². The minimum absolute atomic E-state index is 0.514. The predicted octanol–water partition coefficient (Wildman–Crippen LogP) is 2.52. The van der Waals surface area contributed by atoms with E-state index in [9.17, 15) is 0 Å². The van der Waals surface area contributed by atoms with Gasteiger partial charge in [0.25, 0.3) is 0 Å². The molecule has 0 aliphatic heterocycles. The van der Waals surface area contributed by atoms with E-state index in [1.54, 1.807) is 0 Å². The smallest absolute Gasteiger partial charge is 0.0314 e. The molecule has 0 saturated carbocycles. The van der Waals surface area contributed by atoms with Crippen LogP contribution in [0, 0.1) is 0 Å². The van der Waals surface area contributed by atoms with Crippen LogP contribution in [0.1, 0.15) is 32.8 Å². The van der Waals surface area contributed by atoms with Gasteiger partial charge in [0, 0.05) is 11.7 Å². The molecule has 0 aliphatic rings. The van der Waals surface area contributed by atoms with E-state index in [1.807, 2.05) is 12.1 Å². The molecular formula is C16H29N3. The molecule has 1 atom stereocenters. The summed E-state index contributed by atoms with van der Waals surface area (Å²) in [6.45, 7) is 11.3.